The third-order valence-electron chi connectivity index (χ3n) is 2.21. The van der Waals surface area contributed by atoms with E-state index in [-0.39, 0.29) is 5.28 Å². The van der Waals surface area contributed by atoms with Crippen molar-refractivity contribution < 1.29 is 0 Å². The van der Waals surface area contributed by atoms with Crippen molar-refractivity contribution in [1.29, 1.82) is 0 Å². The second-order valence-corrected chi connectivity index (χ2v) is 4.96. The Balaban J connectivity index is 2.34. The van der Waals surface area contributed by atoms with E-state index in [2.05, 4.69) is 31.2 Å². The molecule has 0 spiro atoms. The lowest BCUT2D eigenvalue weighted by Gasteiger charge is -2.09. The minimum Gasteiger partial charge on any atom is -0.339 e. The van der Waals surface area contributed by atoms with Crippen LogP contribution in [0.15, 0.2) is 28.7 Å². The smallest absolute Gasteiger partial charge is 0.224 e. The molecule has 0 bridgehead atoms. The van der Waals surface area contributed by atoms with E-state index in [9.17, 15) is 0 Å². The Morgan fingerprint density at radius 1 is 1.18 bits per heavy atom. The highest BCUT2D eigenvalue weighted by atomic mass is 79.9. The number of hydrogen-bond donors (Lipinski definition) is 1. The van der Waals surface area contributed by atoms with Gasteiger partial charge in [0.05, 0.1) is 5.69 Å². The summed E-state index contributed by atoms with van der Waals surface area (Å²) in [6.07, 6.45) is 0. The van der Waals surface area contributed by atoms with E-state index in [1.165, 1.54) is 5.56 Å². The Morgan fingerprint density at radius 2 is 1.94 bits per heavy atom. The molecular formula is C12H11BrClN3. The maximum atomic E-state index is 5.81. The summed E-state index contributed by atoms with van der Waals surface area (Å²) in [5.41, 5.74) is 2.96. The number of nitrogens with zero attached hydrogens (tertiary/aromatic N) is 2. The fourth-order valence-electron chi connectivity index (χ4n) is 1.47. The molecule has 1 heterocycles. The SMILES string of the molecule is Cc1ccc(Br)c(Nc2cc(C)nc(Cl)n2)c1. The van der Waals surface area contributed by atoms with Gasteiger partial charge in [-0.05, 0) is 59.1 Å². The van der Waals surface area contributed by atoms with Gasteiger partial charge in [0.25, 0.3) is 0 Å². The van der Waals surface area contributed by atoms with Crippen molar-refractivity contribution in [3.05, 3.63) is 45.3 Å². The fraction of sp³-hybridized carbons (Fsp3) is 0.167. The van der Waals surface area contributed by atoms with Gasteiger partial charge in [-0.2, -0.15) is 0 Å². The van der Waals surface area contributed by atoms with Crippen LogP contribution >= 0.6 is 27.5 Å². The second-order valence-electron chi connectivity index (χ2n) is 3.77. The predicted octanol–water partition coefficient (Wildman–Crippen LogP) is 4.25. The van der Waals surface area contributed by atoms with E-state index >= 15 is 0 Å². The van der Waals surface area contributed by atoms with Crippen LogP contribution in [0.25, 0.3) is 0 Å². The van der Waals surface area contributed by atoms with E-state index in [1.807, 2.05) is 38.1 Å². The number of anilines is 2. The van der Waals surface area contributed by atoms with Crippen LogP contribution in [-0.4, -0.2) is 9.97 Å². The summed E-state index contributed by atoms with van der Waals surface area (Å²) >= 11 is 9.30. The Morgan fingerprint density at radius 3 is 2.65 bits per heavy atom. The molecule has 17 heavy (non-hydrogen) atoms. The monoisotopic (exact) mass is 311 g/mol. The van der Waals surface area contributed by atoms with Crippen molar-refractivity contribution in [2.45, 2.75) is 13.8 Å². The summed E-state index contributed by atoms with van der Waals surface area (Å²) < 4.78 is 0.982. The molecule has 1 aromatic heterocycles. The normalized spacial score (nSPS) is 10.4. The zero-order chi connectivity index (χ0) is 12.4. The van der Waals surface area contributed by atoms with Crippen LogP contribution in [-0.2, 0) is 0 Å². The van der Waals surface area contributed by atoms with Crippen molar-refractivity contribution >= 4 is 39.0 Å². The van der Waals surface area contributed by atoms with Crippen LogP contribution < -0.4 is 5.32 Å². The van der Waals surface area contributed by atoms with Crippen LogP contribution in [0.5, 0.6) is 0 Å². The molecule has 2 rings (SSSR count). The molecule has 0 fully saturated rings. The van der Waals surface area contributed by atoms with Gasteiger partial charge in [0.1, 0.15) is 5.82 Å². The summed E-state index contributed by atoms with van der Waals surface area (Å²) in [4.78, 5) is 8.14. The number of hydrogen-bond acceptors (Lipinski definition) is 3. The van der Waals surface area contributed by atoms with Gasteiger partial charge >= 0.3 is 0 Å². The number of nitrogens with one attached hydrogen (secondary N) is 1. The van der Waals surface area contributed by atoms with E-state index in [4.69, 9.17) is 11.6 Å². The quantitative estimate of drug-likeness (QED) is 0.842. The zero-order valence-corrected chi connectivity index (χ0v) is 11.8. The summed E-state index contributed by atoms with van der Waals surface area (Å²) in [5.74, 6) is 0.689. The van der Waals surface area contributed by atoms with Crippen LogP contribution in [0.4, 0.5) is 11.5 Å². The predicted molar refractivity (Wildman–Crippen MR) is 73.9 cm³/mol. The molecule has 1 aromatic carbocycles. The minimum atomic E-state index is 0.247. The molecular weight excluding hydrogens is 302 g/mol. The average Bonchev–Trinajstić information content (AvgIpc) is 2.22. The Labute approximate surface area is 113 Å². The average molecular weight is 313 g/mol. The first kappa shape index (κ1) is 12.3. The van der Waals surface area contributed by atoms with Crippen molar-refractivity contribution in [3.8, 4) is 0 Å². The lowest BCUT2D eigenvalue weighted by atomic mass is 10.2. The molecule has 0 aliphatic carbocycles. The largest absolute Gasteiger partial charge is 0.339 e. The molecule has 0 saturated carbocycles. The number of benzene rings is 1. The van der Waals surface area contributed by atoms with Gasteiger partial charge < -0.3 is 5.32 Å². The molecule has 0 radical (unpaired) electrons. The molecule has 0 unspecified atom stereocenters. The van der Waals surface area contributed by atoms with Gasteiger partial charge in [0, 0.05) is 16.2 Å². The number of aryl methyl sites for hydroxylation is 2. The van der Waals surface area contributed by atoms with E-state index in [0.717, 1.165) is 15.9 Å². The Hall–Kier alpha value is -1.13. The maximum absolute atomic E-state index is 5.81. The molecule has 0 aliphatic rings. The minimum absolute atomic E-state index is 0.247. The third-order valence-corrected chi connectivity index (χ3v) is 3.07. The van der Waals surface area contributed by atoms with Crippen LogP contribution in [0.3, 0.4) is 0 Å². The molecule has 0 aliphatic heterocycles. The highest BCUT2D eigenvalue weighted by Crippen LogP contribution is 2.26. The number of halogens is 2. The molecule has 5 heteroatoms. The number of aromatic nitrogens is 2. The fourth-order valence-corrected chi connectivity index (χ4v) is 2.04. The zero-order valence-electron chi connectivity index (χ0n) is 9.46. The standard InChI is InChI=1S/C12H11BrClN3/c1-7-3-4-9(13)10(5-7)16-11-6-8(2)15-12(14)17-11/h3-6H,1-2H3,(H,15,16,17). The first-order valence-electron chi connectivity index (χ1n) is 5.09. The van der Waals surface area contributed by atoms with Crippen LogP contribution in [0, 0.1) is 13.8 Å². The molecule has 88 valence electrons. The first-order chi connectivity index (χ1) is 8.04. The van der Waals surface area contributed by atoms with Gasteiger partial charge in [0.2, 0.25) is 5.28 Å². The summed E-state index contributed by atoms with van der Waals surface area (Å²) in [5, 5.41) is 3.46. The van der Waals surface area contributed by atoms with Crippen LogP contribution in [0.2, 0.25) is 5.28 Å². The van der Waals surface area contributed by atoms with Crippen molar-refractivity contribution in [2.75, 3.05) is 5.32 Å². The first-order valence-corrected chi connectivity index (χ1v) is 6.26. The third kappa shape index (κ3) is 3.17. The van der Waals surface area contributed by atoms with Gasteiger partial charge in [-0.15, -0.1) is 0 Å². The van der Waals surface area contributed by atoms with Crippen LogP contribution in [0.1, 0.15) is 11.3 Å². The second kappa shape index (κ2) is 5.02. The van der Waals surface area contributed by atoms with E-state index < -0.39 is 0 Å². The molecule has 0 saturated heterocycles. The van der Waals surface area contributed by atoms with Crippen molar-refractivity contribution in [1.82, 2.24) is 9.97 Å². The topological polar surface area (TPSA) is 37.8 Å². The van der Waals surface area contributed by atoms with Crippen molar-refractivity contribution in [2.24, 2.45) is 0 Å². The van der Waals surface area contributed by atoms with Gasteiger partial charge in [-0.3, -0.25) is 0 Å². The highest BCUT2D eigenvalue weighted by Gasteiger charge is 2.04. The van der Waals surface area contributed by atoms with E-state index in [0.29, 0.717) is 5.82 Å². The highest BCUT2D eigenvalue weighted by molar-refractivity contribution is 9.10. The summed E-state index contributed by atoms with van der Waals surface area (Å²) in [6, 6.07) is 7.91. The lowest BCUT2D eigenvalue weighted by molar-refractivity contribution is 1.10. The molecule has 1 N–H and O–H groups in total. The van der Waals surface area contributed by atoms with Gasteiger partial charge in [-0.1, -0.05) is 6.07 Å². The Bertz CT molecular complexity index is 537. The number of rotatable bonds is 2. The van der Waals surface area contributed by atoms with Gasteiger partial charge in [-0.25, -0.2) is 9.97 Å². The molecule has 3 nitrogen and oxygen atoms in total. The van der Waals surface area contributed by atoms with Gasteiger partial charge in [0.15, 0.2) is 0 Å². The Kier molecular flexibility index (Phi) is 3.64. The molecule has 2 aromatic rings. The maximum Gasteiger partial charge on any atom is 0.224 e. The van der Waals surface area contributed by atoms with Crippen molar-refractivity contribution in [3.63, 3.8) is 0 Å². The molecule has 0 amide bonds. The van der Waals surface area contributed by atoms with E-state index in [1.54, 1.807) is 0 Å². The summed E-state index contributed by atoms with van der Waals surface area (Å²) in [7, 11) is 0. The molecule has 0 atom stereocenters. The summed E-state index contributed by atoms with van der Waals surface area (Å²) in [6.45, 7) is 3.92. The lowest BCUT2D eigenvalue weighted by Crippen LogP contribution is -1.97.